The number of aromatic nitrogens is 1. The molecule has 1 heterocycles. The van der Waals surface area contributed by atoms with Crippen LogP contribution in [0.1, 0.15) is 64.8 Å². The minimum Gasteiger partial charge on any atom is -0.512 e. The van der Waals surface area contributed by atoms with Gasteiger partial charge in [0, 0.05) is 25.7 Å². The van der Waals surface area contributed by atoms with Gasteiger partial charge in [0.2, 0.25) is 5.67 Å². The van der Waals surface area contributed by atoms with Gasteiger partial charge in [-0.15, -0.1) is 0 Å². The second-order valence-electron chi connectivity index (χ2n) is 5.33. The number of hydrogen-bond donors (Lipinski definition) is 0. The van der Waals surface area contributed by atoms with Crippen LogP contribution in [0, 0.1) is 59.2 Å². The Balaban J connectivity index is -0.0000000268. The number of rotatable bonds is 8. The van der Waals surface area contributed by atoms with Crippen LogP contribution in [0.3, 0.4) is 0 Å². The van der Waals surface area contributed by atoms with Crippen molar-refractivity contribution < 1.29 is 52.5 Å². The van der Waals surface area contributed by atoms with Gasteiger partial charge in [0.05, 0.1) is 0 Å². The predicted octanol–water partition coefficient (Wildman–Crippen LogP) is 9.13. The van der Waals surface area contributed by atoms with E-state index in [0.29, 0.717) is 6.92 Å². The summed E-state index contributed by atoms with van der Waals surface area (Å²) in [5.41, 5.74) is -2.83. The minimum atomic E-state index is -3.12. The molecule has 0 aliphatic carbocycles. The maximum absolute atomic E-state index is 13.9. The molecule has 15 heteroatoms. The molecule has 0 aliphatic heterocycles. The summed E-state index contributed by atoms with van der Waals surface area (Å²) in [6.45, 7) is 21.4. The van der Waals surface area contributed by atoms with Gasteiger partial charge in [-0.25, -0.2) is 30.7 Å². The molecule has 241 valence electrons. The van der Waals surface area contributed by atoms with Gasteiger partial charge in [0.25, 0.3) is 5.92 Å². The van der Waals surface area contributed by atoms with Gasteiger partial charge in [0.1, 0.15) is 31.4 Å². The Morgan fingerprint density at radius 2 is 1.05 bits per heavy atom. The van der Waals surface area contributed by atoms with Crippen LogP contribution in [0.2, 0.25) is 0 Å². The largest absolute Gasteiger partial charge is 5.00 e. The van der Waals surface area contributed by atoms with Crippen molar-refractivity contribution in [1.82, 2.24) is 4.98 Å². The summed E-state index contributed by atoms with van der Waals surface area (Å²) in [5.74, 6) is -2.87. The second-order valence-corrected chi connectivity index (χ2v) is 5.33. The molecule has 3 unspecified atom stereocenters. The second kappa shape index (κ2) is 60.8. The van der Waals surface area contributed by atoms with Gasteiger partial charge in [-0.1, -0.05) is 44.6 Å². The summed E-state index contributed by atoms with van der Waals surface area (Å²) in [7, 11) is 0. The molecule has 1 aromatic heterocycles. The van der Waals surface area contributed by atoms with E-state index < -0.39 is 50.3 Å². The van der Waals surface area contributed by atoms with E-state index >= 15 is 0 Å². The molecule has 7 nitrogen and oxygen atoms in total. The number of ether oxygens (including phenoxy) is 1. The molecule has 0 saturated heterocycles. The number of pyridine rings is 1. The molecule has 1 aromatic rings. The molecule has 3 atom stereocenters. The maximum Gasteiger partial charge on any atom is 5.00 e. The zero-order chi connectivity index (χ0) is 28.8. The Morgan fingerprint density at radius 1 is 0.756 bits per heavy atom. The Labute approximate surface area is 255 Å². The average molecular weight is 646 g/mol. The first-order valence-electron chi connectivity index (χ1n) is 8.15. The Bertz CT molecular complexity index is 625. The van der Waals surface area contributed by atoms with Gasteiger partial charge >= 0.3 is 17.1 Å². The first-order chi connectivity index (χ1) is 16.0. The number of alkyl halides is 7. The third-order valence-corrected chi connectivity index (χ3v) is 2.68. The van der Waals surface area contributed by atoms with Crippen molar-refractivity contribution in [1.29, 1.82) is 26.3 Å². The van der Waals surface area contributed by atoms with Gasteiger partial charge in [-0.3, -0.25) is 4.98 Å². The van der Waals surface area contributed by atoms with E-state index in [4.69, 9.17) is 63.9 Å². The van der Waals surface area contributed by atoms with Crippen LogP contribution in [0.25, 0.3) is 0 Å². The topological polar surface area (TPSA) is 141 Å². The molecule has 0 saturated carbocycles. The van der Waals surface area contributed by atoms with Crippen molar-refractivity contribution in [3.8, 4) is 5.75 Å². The zero-order valence-corrected chi connectivity index (χ0v) is 19.5. The average Bonchev–Trinajstić information content (AvgIpc) is 2.88. The molecule has 1 radical (unpaired) electrons. The molecule has 0 amide bonds. The van der Waals surface area contributed by atoms with Crippen LogP contribution in [0.15, 0.2) is 24.5 Å². The molecule has 0 bridgehead atoms. The van der Waals surface area contributed by atoms with E-state index in [1.54, 1.807) is 0 Å². The number of halogens is 7. The van der Waals surface area contributed by atoms with Crippen molar-refractivity contribution in [2.45, 2.75) is 88.8 Å². The normalized spacial score (nSPS) is 9.83. The van der Waals surface area contributed by atoms with E-state index in [9.17, 15) is 30.7 Å². The van der Waals surface area contributed by atoms with Crippen molar-refractivity contribution in [3.63, 3.8) is 0 Å². The fraction of sp³-hybridized carbons (Fsp3) is 0.615. The summed E-state index contributed by atoms with van der Waals surface area (Å²) in [6, 6.07) is 2.87. The van der Waals surface area contributed by atoms with Crippen molar-refractivity contribution in [2.24, 2.45) is 0 Å². The molecule has 0 spiro atoms. The molecular weight excluding hydrogens is 601 g/mol. The standard InChI is InChI=1S/C12H15F4NO.C3H5F3.5CN.6CH4.Fe/c1-9(14)6-11(15)12(16,7-13)8-18-10-2-4-17-5-3-10;1-3(5,6)2-4;5*1-2;;;;;;;/h2-5,9,11H,6-8H2,1H3;2H2,1H3;;;;;;6*1H4;/q;;5*-1;;;;;;;+5. The first kappa shape index (κ1) is 83.2. The van der Waals surface area contributed by atoms with Gasteiger partial charge in [-0.05, 0) is 19.1 Å². The zero-order valence-electron chi connectivity index (χ0n) is 18.4. The molecule has 41 heavy (non-hydrogen) atoms. The third-order valence-electron chi connectivity index (χ3n) is 2.68. The van der Waals surface area contributed by atoms with Crippen LogP contribution >= 0.6 is 0 Å². The van der Waals surface area contributed by atoms with Crippen molar-refractivity contribution in [2.75, 3.05) is 20.0 Å². The fourth-order valence-corrected chi connectivity index (χ4v) is 1.35. The quantitative estimate of drug-likeness (QED) is 0.156. The van der Waals surface area contributed by atoms with E-state index in [1.165, 1.54) is 24.5 Å². The summed E-state index contributed by atoms with van der Waals surface area (Å²) in [5, 5.41) is 31.2. The molecule has 0 aromatic carbocycles. The van der Waals surface area contributed by atoms with Crippen LogP contribution in [-0.2, 0) is 17.1 Å². The van der Waals surface area contributed by atoms with Gasteiger partial charge in [0.15, 0.2) is 6.67 Å². The van der Waals surface area contributed by atoms with Crippen molar-refractivity contribution in [3.05, 3.63) is 57.4 Å². The Hall–Kier alpha value is -3.57. The molecule has 0 N–H and O–H groups in total. The van der Waals surface area contributed by atoms with E-state index in [0.717, 1.165) is 6.92 Å². The summed E-state index contributed by atoms with van der Waals surface area (Å²) in [6.07, 6.45) is -1.67. The van der Waals surface area contributed by atoms with E-state index in [-0.39, 0.29) is 67.4 Å². The molecule has 1 rings (SSSR count). The summed E-state index contributed by atoms with van der Waals surface area (Å²) in [4.78, 5) is 3.71. The molecule has 0 fully saturated rings. The Kier molecular flexibility index (Phi) is 123. The summed E-state index contributed by atoms with van der Waals surface area (Å²) < 4.78 is 90.4. The Morgan fingerprint density at radius 3 is 1.27 bits per heavy atom. The third kappa shape index (κ3) is 61.8. The van der Waals surface area contributed by atoms with Gasteiger partial charge in [-0.2, -0.15) is 0 Å². The smallest absolute Gasteiger partial charge is 0.512 e. The fourth-order valence-electron chi connectivity index (χ4n) is 1.35. The van der Waals surface area contributed by atoms with E-state index in [2.05, 4.69) is 4.98 Å². The van der Waals surface area contributed by atoms with Crippen molar-refractivity contribution >= 4 is 0 Å². The monoisotopic (exact) mass is 645 g/mol. The SMILES string of the molecule is C.C.C.C.C.C.CC(F)(F)CF.CC(F)CC(F)C(F)(CF)COc1ccncc1.[C-]#N.[C-]#N.[C-]#N.[C-]#N.[C-]#N.[Fe+5]. The number of nitrogens with zero attached hydrogens (tertiary/aromatic N) is 6. The van der Waals surface area contributed by atoms with Crippen LogP contribution in [-0.4, -0.2) is 48.9 Å². The predicted molar refractivity (Wildman–Crippen MR) is 141 cm³/mol. The van der Waals surface area contributed by atoms with Crippen LogP contribution in [0.5, 0.6) is 5.75 Å². The number of hydrogen-bond acceptors (Lipinski definition) is 7. The molecule has 0 aliphatic rings. The molecular formula is C26H44F7FeN6O. The summed E-state index contributed by atoms with van der Waals surface area (Å²) >= 11 is 0. The minimum absolute atomic E-state index is 0. The first-order valence-corrected chi connectivity index (χ1v) is 8.15. The van der Waals surface area contributed by atoms with E-state index in [1.807, 2.05) is 0 Å². The van der Waals surface area contributed by atoms with Crippen LogP contribution in [0.4, 0.5) is 30.7 Å². The van der Waals surface area contributed by atoms with Gasteiger partial charge < -0.3 is 63.9 Å². The van der Waals surface area contributed by atoms with Crippen LogP contribution < -0.4 is 4.74 Å². The maximum atomic E-state index is 13.9.